The minimum atomic E-state index is -5.07. The molecule has 0 N–H and O–H groups in total. The van der Waals surface area contributed by atoms with Gasteiger partial charge in [0.1, 0.15) is 0 Å². The molecule has 4 atom stereocenters. The third-order valence-electron chi connectivity index (χ3n) is 8.01. The van der Waals surface area contributed by atoms with Gasteiger partial charge in [0.2, 0.25) is 11.8 Å². The minimum absolute atomic E-state index is 0.0159. The summed E-state index contributed by atoms with van der Waals surface area (Å²) in [4.78, 5) is 30.4. The van der Waals surface area contributed by atoms with E-state index in [2.05, 4.69) is 0 Å². The zero-order valence-corrected chi connectivity index (χ0v) is 24.0. The van der Waals surface area contributed by atoms with Crippen LogP contribution in [-0.2, 0) is 14.3 Å². The van der Waals surface area contributed by atoms with Crippen molar-refractivity contribution >= 4 is 11.8 Å². The lowest BCUT2D eigenvalue weighted by atomic mass is 10.0. The highest BCUT2D eigenvalue weighted by molar-refractivity contribution is 5.74. The Balaban J connectivity index is 1.50. The Labute approximate surface area is 247 Å². The van der Waals surface area contributed by atoms with Crippen LogP contribution in [0, 0.1) is 0 Å². The van der Waals surface area contributed by atoms with Crippen LogP contribution in [-0.4, -0.2) is 108 Å². The molecule has 2 aliphatic heterocycles. The molecule has 2 aromatic rings. The van der Waals surface area contributed by atoms with Crippen molar-refractivity contribution in [1.29, 1.82) is 0 Å². The van der Waals surface area contributed by atoms with Gasteiger partial charge in [0, 0.05) is 66.2 Å². The molecule has 0 aliphatic carbocycles. The first-order valence-corrected chi connectivity index (χ1v) is 14.1. The molecular weight excluding hydrogens is 578 g/mol. The summed E-state index contributed by atoms with van der Waals surface area (Å²) in [6.07, 6.45) is -15.5. The van der Waals surface area contributed by atoms with Gasteiger partial charge in [0.15, 0.2) is 12.2 Å². The SMILES string of the molecule is CC(=O)N1CCN(C[C@H](O[C@@H](CN2CCN(C(C)=O)C(c3ccccc3)C2)C(F)(F)F)C(F)(F)F)CC1c1ccccc1. The van der Waals surface area contributed by atoms with Gasteiger partial charge < -0.3 is 14.5 Å². The van der Waals surface area contributed by atoms with Crippen LogP contribution in [0.5, 0.6) is 0 Å². The molecule has 0 aromatic heterocycles. The summed E-state index contributed by atoms with van der Waals surface area (Å²) in [5, 5.41) is 0. The molecule has 0 saturated carbocycles. The number of rotatable bonds is 8. The smallest absolute Gasteiger partial charge is 0.353 e. The Morgan fingerprint density at radius 3 is 1.33 bits per heavy atom. The quantitative estimate of drug-likeness (QED) is 0.405. The molecule has 0 bridgehead atoms. The maximum absolute atomic E-state index is 14.2. The number of carbonyl (C=O) groups excluding carboxylic acids is 2. The summed E-state index contributed by atoms with van der Waals surface area (Å²) < 4.78 is 90.2. The molecule has 2 unspecified atom stereocenters. The number of alkyl halides is 6. The molecule has 236 valence electrons. The number of nitrogens with zero attached hydrogens (tertiary/aromatic N) is 4. The van der Waals surface area contributed by atoms with Gasteiger partial charge >= 0.3 is 12.4 Å². The van der Waals surface area contributed by atoms with Crippen LogP contribution in [0.4, 0.5) is 26.3 Å². The van der Waals surface area contributed by atoms with Crippen LogP contribution in [0.15, 0.2) is 60.7 Å². The number of benzene rings is 2. The van der Waals surface area contributed by atoms with E-state index in [0.717, 1.165) is 11.1 Å². The molecule has 2 aromatic carbocycles. The molecule has 2 fully saturated rings. The first-order valence-electron chi connectivity index (χ1n) is 14.1. The second kappa shape index (κ2) is 13.6. The second-order valence-electron chi connectivity index (χ2n) is 11.0. The van der Waals surface area contributed by atoms with Gasteiger partial charge in [0.25, 0.3) is 0 Å². The second-order valence-corrected chi connectivity index (χ2v) is 11.0. The Morgan fingerprint density at radius 1 is 0.674 bits per heavy atom. The first-order chi connectivity index (χ1) is 20.2. The van der Waals surface area contributed by atoms with Crippen LogP contribution in [0.1, 0.15) is 37.1 Å². The van der Waals surface area contributed by atoms with Gasteiger partial charge in [0.05, 0.1) is 12.1 Å². The number of amides is 2. The topological polar surface area (TPSA) is 56.3 Å². The molecule has 2 heterocycles. The summed E-state index contributed by atoms with van der Waals surface area (Å²) in [5.74, 6) is -0.485. The summed E-state index contributed by atoms with van der Waals surface area (Å²) in [6.45, 7) is 1.53. The van der Waals surface area contributed by atoms with Crippen molar-refractivity contribution in [2.24, 2.45) is 0 Å². The molecule has 4 rings (SSSR count). The molecular formula is C30H36F6N4O3. The van der Waals surface area contributed by atoms with Crippen LogP contribution >= 0.6 is 0 Å². The van der Waals surface area contributed by atoms with Gasteiger partial charge in [-0.3, -0.25) is 19.4 Å². The molecule has 2 amide bonds. The number of ether oxygens (including phenoxy) is 1. The van der Waals surface area contributed by atoms with Gasteiger partial charge in [-0.05, 0) is 11.1 Å². The standard InChI is InChI=1S/C30H36F6N4O3/c1-21(41)39-15-13-37(17-25(39)23-9-5-3-6-10-23)19-27(29(31,32)33)43-28(30(34,35)36)20-38-14-16-40(22(2)42)26(18-38)24-11-7-4-8-12-24/h3-12,25-28H,13-20H2,1-2H3/t25?,26?,27-,28-/m0/s1. The van der Waals surface area contributed by atoms with E-state index in [1.807, 2.05) is 0 Å². The largest absolute Gasteiger partial charge is 0.415 e. The summed E-state index contributed by atoms with van der Waals surface area (Å²) >= 11 is 0. The van der Waals surface area contributed by atoms with E-state index in [1.54, 1.807) is 70.5 Å². The van der Waals surface area contributed by atoms with E-state index in [0.29, 0.717) is 0 Å². The van der Waals surface area contributed by atoms with Crippen LogP contribution in [0.2, 0.25) is 0 Å². The molecule has 43 heavy (non-hydrogen) atoms. The van der Waals surface area contributed by atoms with E-state index in [1.165, 1.54) is 23.6 Å². The monoisotopic (exact) mass is 614 g/mol. The average Bonchev–Trinajstić information content (AvgIpc) is 2.96. The van der Waals surface area contributed by atoms with E-state index in [9.17, 15) is 35.9 Å². The summed E-state index contributed by atoms with van der Waals surface area (Å²) in [7, 11) is 0. The predicted octanol–water partition coefficient (Wildman–Crippen LogP) is 4.68. The normalized spacial score (nSPS) is 22.3. The number of hydrogen-bond acceptors (Lipinski definition) is 5. The maximum Gasteiger partial charge on any atom is 0.415 e. The Bertz CT molecular complexity index is 1120. The van der Waals surface area contributed by atoms with E-state index >= 15 is 0 Å². The van der Waals surface area contributed by atoms with Crippen LogP contribution in [0.3, 0.4) is 0 Å². The zero-order chi connectivity index (χ0) is 31.4. The summed E-state index contributed by atoms with van der Waals surface area (Å²) in [6, 6.07) is 16.5. The average molecular weight is 615 g/mol. The van der Waals surface area contributed by atoms with Crippen molar-refractivity contribution in [2.75, 3.05) is 52.4 Å². The van der Waals surface area contributed by atoms with E-state index in [-0.39, 0.29) is 51.1 Å². The van der Waals surface area contributed by atoms with Crippen molar-refractivity contribution < 1.29 is 40.7 Å². The molecule has 0 radical (unpaired) electrons. The van der Waals surface area contributed by atoms with Crippen LogP contribution < -0.4 is 0 Å². The minimum Gasteiger partial charge on any atom is -0.353 e. The molecule has 13 heteroatoms. The predicted molar refractivity (Wildman–Crippen MR) is 147 cm³/mol. The number of piperazine rings is 2. The fraction of sp³-hybridized carbons (Fsp3) is 0.533. The van der Waals surface area contributed by atoms with Crippen molar-refractivity contribution in [2.45, 2.75) is 50.5 Å². The van der Waals surface area contributed by atoms with Crippen molar-refractivity contribution in [3.63, 3.8) is 0 Å². The highest BCUT2D eigenvalue weighted by atomic mass is 19.4. The fourth-order valence-electron chi connectivity index (χ4n) is 5.80. The van der Waals surface area contributed by atoms with Crippen LogP contribution in [0.25, 0.3) is 0 Å². The van der Waals surface area contributed by atoms with E-state index in [4.69, 9.17) is 4.74 Å². The van der Waals surface area contributed by atoms with Gasteiger partial charge in [-0.25, -0.2) is 0 Å². The molecule has 7 nitrogen and oxygen atoms in total. The maximum atomic E-state index is 14.2. The van der Waals surface area contributed by atoms with E-state index < -0.39 is 49.7 Å². The lowest BCUT2D eigenvalue weighted by Crippen LogP contribution is -2.57. The zero-order valence-electron chi connectivity index (χ0n) is 24.0. The number of halogens is 6. The highest BCUT2D eigenvalue weighted by Gasteiger charge is 2.50. The van der Waals surface area contributed by atoms with Gasteiger partial charge in [-0.1, -0.05) is 60.7 Å². The fourth-order valence-corrected chi connectivity index (χ4v) is 5.80. The van der Waals surface area contributed by atoms with Gasteiger partial charge in [-0.2, -0.15) is 26.3 Å². The van der Waals surface area contributed by atoms with Gasteiger partial charge in [-0.15, -0.1) is 0 Å². The van der Waals surface area contributed by atoms with Crippen molar-refractivity contribution in [1.82, 2.24) is 19.6 Å². The Hall–Kier alpha value is -3.16. The summed E-state index contributed by atoms with van der Waals surface area (Å²) in [5.41, 5.74) is 1.44. The number of carbonyl (C=O) groups is 2. The first kappa shape index (κ1) is 32.7. The molecule has 2 aliphatic rings. The van der Waals surface area contributed by atoms with Crippen molar-refractivity contribution in [3.05, 3.63) is 71.8 Å². The third-order valence-corrected chi connectivity index (χ3v) is 8.01. The lowest BCUT2D eigenvalue weighted by molar-refractivity contribution is -0.291. The lowest BCUT2D eigenvalue weighted by Gasteiger charge is -2.44. The Morgan fingerprint density at radius 2 is 1.02 bits per heavy atom. The highest BCUT2D eigenvalue weighted by Crippen LogP contribution is 2.34. The molecule has 2 saturated heterocycles. The number of hydrogen-bond donors (Lipinski definition) is 0. The Kier molecular flexibility index (Phi) is 10.4. The third kappa shape index (κ3) is 8.48. The molecule has 0 spiro atoms. The van der Waals surface area contributed by atoms with Crippen molar-refractivity contribution in [3.8, 4) is 0 Å².